The molecule has 0 spiro atoms. The Morgan fingerprint density at radius 2 is 2.29 bits per heavy atom. The second kappa shape index (κ2) is 6.47. The van der Waals surface area contributed by atoms with Gasteiger partial charge in [-0.15, -0.1) is 0 Å². The minimum Gasteiger partial charge on any atom is -0.495 e. The van der Waals surface area contributed by atoms with Crippen LogP contribution >= 0.6 is 11.6 Å². The van der Waals surface area contributed by atoms with Gasteiger partial charge in [-0.05, 0) is 24.6 Å². The lowest BCUT2D eigenvalue weighted by atomic mass is 10.2. The molecule has 5 heteroatoms. The number of halogens is 1. The van der Waals surface area contributed by atoms with E-state index in [0.717, 1.165) is 5.56 Å². The molecule has 1 rings (SSSR count). The second-order valence-electron chi connectivity index (χ2n) is 3.92. The molecule has 0 bridgehead atoms. The molecule has 0 heterocycles. The average molecular weight is 257 g/mol. The van der Waals surface area contributed by atoms with Gasteiger partial charge in [0, 0.05) is 19.0 Å². The topological polar surface area (TPSA) is 64.3 Å². The van der Waals surface area contributed by atoms with Crippen molar-refractivity contribution in [3.05, 3.63) is 28.8 Å². The standard InChI is InChI=1S/C12H17ClN2O2/c1-8(5-12(14)16)15-7-9-3-4-11(17-2)10(13)6-9/h3-4,6,8,15H,5,7H2,1-2H3,(H2,14,16). The Bertz CT molecular complexity index is 396. The summed E-state index contributed by atoms with van der Waals surface area (Å²) >= 11 is 6.00. The highest BCUT2D eigenvalue weighted by Gasteiger charge is 2.06. The van der Waals surface area contributed by atoms with Crippen LogP contribution in [0, 0.1) is 0 Å². The van der Waals surface area contributed by atoms with Crippen molar-refractivity contribution in [1.29, 1.82) is 0 Å². The van der Waals surface area contributed by atoms with Gasteiger partial charge in [0.25, 0.3) is 0 Å². The number of rotatable bonds is 6. The number of nitrogens with two attached hydrogens (primary N) is 1. The number of benzene rings is 1. The predicted molar refractivity (Wildman–Crippen MR) is 68.1 cm³/mol. The summed E-state index contributed by atoms with van der Waals surface area (Å²) < 4.78 is 5.06. The molecule has 94 valence electrons. The quantitative estimate of drug-likeness (QED) is 0.814. The molecule has 1 amide bonds. The van der Waals surface area contributed by atoms with Crippen LogP contribution in [0.4, 0.5) is 0 Å². The number of hydrogen-bond acceptors (Lipinski definition) is 3. The van der Waals surface area contributed by atoms with Crippen LogP contribution in [-0.2, 0) is 11.3 Å². The van der Waals surface area contributed by atoms with E-state index in [0.29, 0.717) is 23.7 Å². The van der Waals surface area contributed by atoms with Crippen molar-refractivity contribution in [2.24, 2.45) is 5.73 Å². The average Bonchev–Trinajstić information content (AvgIpc) is 2.25. The van der Waals surface area contributed by atoms with Gasteiger partial charge in [0.2, 0.25) is 5.91 Å². The summed E-state index contributed by atoms with van der Waals surface area (Å²) in [5, 5.41) is 3.77. The Balaban J connectivity index is 2.52. The van der Waals surface area contributed by atoms with Gasteiger partial charge in [-0.2, -0.15) is 0 Å². The summed E-state index contributed by atoms with van der Waals surface area (Å²) in [5.74, 6) is 0.346. The van der Waals surface area contributed by atoms with E-state index in [1.807, 2.05) is 25.1 Å². The van der Waals surface area contributed by atoms with Crippen LogP contribution in [0.25, 0.3) is 0 Å². The second-order valence-corrected chi connectivity index (χ2v) is 4.33. The largest absolute Gasteiger partial charge is 0.495 e. The Morgan fingerprint density at radius 1 is 1.59 bits per heavy atom. The van der Waals surface area contributed by atoms with Crippen molar-refractivity contribution >= 4 is 17.5 Å². The summed E-state index contributed by atoms with van der Waals surface area (Å²) in [4.78, 5) is 10.7. The van der Waals surface area contributed by atoms with Crippen molar-refractivity contribution in [1.82, 2.24) is 5.32 Å². The van der Waals surface area contributed by atoms with Gasteiger partial charge in [-0.3, -0.25) is 4.79 Å². The van der Waals surface area contributed by atoms with Gasteiger partial charge < -0.3 is 15.8 Å². The van der Waals surface area contributed by atoms with Crippen LogP contribution in [0.2, 0.25) is 5.02 Å². The SMILES string of the molecule is COc1ccc(CNC(C)CC(N)=O)cc1Cl. The van der Waals surface area contributed by atoms with Gasteiger partial charge >= 0.3 is 0 Å². The highest BCUT2D eigenvalue weighted by Crippen LogP contribution is 2.24. The lowest BCUT2D eigenvalue weighted by molar-refractivity contribution is -0.118. The van der Waals surface area contributed by atoms with Gasteiger partial charge in [-0.25, -0.2) is 0 Å². The maximum atomic E-state index is 10.7. The van der Waals surface area contributed by atoms with Crippen molar-refractivity contribution in [3.63, 3.8) is 0 Å². The first-order valence-corrected chi connectivity index (χ1v) is 5.75. The maximum Gasteiger partial charge on any atom is 0.218 e. The zero-order valence-electron chi connectivity index (χ0n) is 10.00. The number of methoxy groups -OCH3 is 1. The van der Waals surface area contributed by atoms with Crippen LogP contribution < -0.4 is 15.8 Å². The minimum atomic E-state index is -0.308. The molecule has 0 fully saturated rings. The highest BCUT2D eigenvalue weighted by molar-refractivity contribution is 6.32. The molecule has 1 unspecified atom stereocenters. The molecular formula is C12H17ClN2O2. The van der Waals surface area contributed by atoms with E-state index in [1.165, 1.54) is 0 Å². The number of ether oxygens (including phenoxy) is 1. The molecule has 0 saturated heterocycles. The van der Waals surface area contributed by atoms with Crippen LogP contribution in [0.5, 0.6) is 5.75 Å². The molecule has 1 aromatic rings. The Morgan fingerprint density at radius 3 is 2.82 bits per heavy atom. The number of carbonyl (C=O) groups is 1. The number of primary amides is 1. The molecular weight excluding hydrogens is 240 g/mol. The Kier molecular flexibility index (Phi) is 5.25. The molecule has 1 aromatic carbocycles. The van der Waals surface area contributed by atoms with E-state index in [4.69, 9.17) is 22.1 Å². The number of amides is 1. The fraction of sp³-hybridized carbons (Fsp3) is 0.417. The molecule has 3 N–H and O–H groups in total. The zero-order chi connectivity index (χ0) is 12.8. The predicted octanol–water partition coefficient (Wildman–Crippen LogP) is 1.70. The molecule has 0 saturated carbocycles. The summed E-state index contributed by atoms with van der Waals surface area (Å²) in [6.07, 6.45) is 0.323. The molecule has 4 nitrogen and oxygen atoms in total. The summed E-state index contributed by atoms with van der Waals surface area (Å²) in [7, 11) is 1.58. The van der Waals surface area contributed by atoms with Gasteiger partial charge in [0.1, 0.15) is 5.75 Å². The van der Waals surface area contributed by atoms with Crippen molar-refractivity contribution in [2.45, 2.75) is 25.9 Å². The minimum absolute atomic E-state index is 0.0494. The normalized spacial score (nSPS) is 12.2. The molecule has 0 aliphatic rings. The van der Waals surface area contributed by atoms with Gasteiger partial charge in [-0.1, -0.05) is 17.7 Å². The molecule has 0 aliphatic carbocycles. The smallest absolute Gasteiger partial charge is 0.218 e. The van der Waals surface area contributed by atoms with E-state index in [-0.39, 0.29) is 11.9 Å². The molecule has 0 radical (unpaired) electrons. The number of hydrogen-bond donors (Lipinski definition) is 2. The van der Waals surface area contributed by atoms with Crippen molar-refractivity contribution in [3.8, 4) is 5.75 Å². The Labute approximate surface area is 106 Å². The summed E-state index contributed by atoms with van der Waals surface area (Å²) in [6.45, 7) is 2.55. The third-order valence-corrected chi connectivity index (χ3v) is 2.67. The van der Waals surface area contributed by atoms with E-state index in [1.54, 1.807) is 7.11 Å². The monoisotopic (exact) mass is 256 g/mol. The van der Waals surface area contributed by atoms with Gasteiger partial charge in [0.05, 0.1) is 12.1 Å². The van der Waals surface area contributed by atoms with Crippen LogP contribution in [0.15, 0.2) is 18.2 Å². The van der Waals surface area contributed by atoms with Crippen molar-refractivity contribution < 1.29 is 9.53 Å². The van der Waals surface area contributed by atoms with E-state index in [9.17, 15) is 4.79 Å². The van der Waals surface area contributed by atoms with Crippen LogP contribution in [0.3, 0.4) is 0 Å². The fourth-order valence-corrected chi connectivity index (χ4v) is 1.77. The highest BCUT2D eigenvalue weighted by atomic mass is 35.5. The van der Waals surface area contributed by atoms with E-state index < -0.39 is 0 Å². The maximum absolute atomic E-state index is 10.7. The molecule has 0 aromatic heterocycles. The number of carbonyl (C=O) groups excluding carboxylic acids is 1. The first kappa shape index (κ1) is 13.8. The first-order valence-electron chi connectivity index (χ1n) is 5.37. The Hall–Kier alpha value is -1.26. The van der Waals surface area contributed by atoms with E-state index in [2.05, 4.69) is 5.32 Å². The summed E-state index contributed by atoms with van der Waals surface area (Å²) in [6, 6.07) is 5.63. The van der Waals surface area contributed by atoms with Crippen molar-refractivity contribution in [2.75, 3.05) is 7.11 Å². The number of nitrogens with one attached hydrogen (secondary N) is 1. The molecule has 1 atom stereocenters. The lowest BCUT2D eigenvalue weighted by Gasteiger charge is -2.12. The first-order chi connectivity index (χ1) is 8.02. The van der Waals surface area contributed by atoms with Crippen LogP contribution in [-0.4, -0.2) is 19.1 Å². The fourth-order valence-electron chi connectivity index (χ4n) is 1.49. The van der Waals surface area contributed by atoms with E-state index >= 15 is 0 Å². The van der Waals surface area contributed by atoms with Gasteiger partial charge in [0.15, 0.2) is 0 Å². The molecule has 0 aliphatic heterocycles. The lowest BCUT2D eigenvalue weighted by Crippen LogP contribution is -2.30. The third kappa shape index (κ3) is 4.63. The molecule has 17 heavy (non-hydrogen) atoms. The summed E-state index contributed by atoms with van der Waals surface area (Å²) in [5.41, 5.74) is 6.14. The zero-order valence-corrected chi connectivity index (χ0v) is 10.8. The van der Waals surface area contributed by atoms with Crippen LogP contribution in [0.1, 0.15) is 18.9 Å². The third-order valence-electron chi connectivity index (χ3n) is 2.38.